The van der Waals surface area contributed by atoms with Crippen LogP contribution < -0.4 is 21.1 Å². The van der Waals surface area contributed by atoms with E-state index in [0.717, 1.165) is 24.3 Å². The highest BCUT2D eigenvalue weighted by atomic mass is 16.5. The highest BCUT2D eigenvalue weighted by Gasteiger charge is 2.17. The second kappa shape index (κ2) is 6.97. The van der Waals surface area contributed by atoms with Gasteiger partial charge in [-0.3, -0.25) is 10.1 Å². The summed E-state index contributed by atoms with van der Waals surface area (Å²) in [5, 5.41) is 5.03. The Morgan fingerprint density at radius 3 is 2.43 bits per heavy atom. The van der Waals surface area contributed by atoms with Gasteiger partial charge in [0, 0.05) is 5.69 Å². The molecular weight excluding hydrogens is 270 g/mol. The number of primary amides is 1. The Hall–Kier alpha value is -2.24. The van der Waals surface area contributed by atoms with E-state index < -0.39 is 18.0 Å². The minimum atomic E-state index is -0.853. The lowest BCUT2D eigenvalue weighted by atomic mass is 10.2. The van der Waals surface area contributed by atoms with Crippen LogP contribution in [0.25, 0.3) is 0 Å². The third kappa shape index (κ3) is 4.66. The van der Waals surface area contributed by atoms with Gasteiger partial charge in [0.05, 0.1) is 6.10 Å². The van der Waals surface area contributed by atoms with Crippen LogP contribution in [-0.4, -0.2) is 24.1 Å². The van der Waals surface area contributed by atoms with Crippen molar-refractivity contribution in [2.75, 3.05) is 5.32 Å². The van der Waals surface area contributed by atoms with Crippen molar-refractivity contribution in [2.24, 2.45) is 5.73 Å². The highest BCUT2D eigenvalue weighted by Crippen LogP contribution is 2.25. The van der Waals surface area contributed by atoms with Crippen LogP contribution in [-0.2, 0) is 4.79 Å². The zero-order valence-electron chi connectivity index (χ0n) is 12.1. The number of rotatable bonds is 5. The molecule has 0 aromatic heterocycles. The summed E-state index contributed by atoms with van der Waals surface area (Å²) in [5.74, 6) is 0.371. The van der Waals surface area contributed by atoms with E-state index in [1.165, 1.54) is 12.8 Å². The van der Waals surface area contributed by atoms with Crippen LogP contribution in [0.5, 0.6) is 5.75 Å². The molecule has 3 amide bonds. The topological polar surface area (TPSA) is 93.4 Å². The van der Waals surface area contributed by atoms with Crippen LogP contribution >= 0.6 is 0 Å². The quantitative estimate of drug-likeness (QED) is 0.773. The summed E-state index contributed by atoms with van der Waals surface area (Å²) in [5.41, 5.74) is 5.69. The molecule has 1 saturated carbocycles. The summed E-state index contributed by atoms with van der Waals surface area (Å²) < 4.78 is 5.87. The van der Waals surface area contributed by atoms with Crippen LogP contribution in [0.4, 0.5) is 10.5 Å². The van der Waals surface area contributed by atoms with Crippen LogP contribution in [0.1, 0.15) is 32.6 Å². The minimum absolute atomic E-state index is 0.323. The van der Waals surface area contributed by atoms with Gasteiger partial charge in [-0.1, -0.05) is 0 Å². The maximum absolute atomic E-state index is 11.6. The predicted octanol–water partition coefficient (Wildman–Crippen LogP) is 2.00. The number of hydrogen-bond acceptors (Lipinski definition) is 4. The SMILES string of the molecule is C[C@H](Nc1ccc(OC2CCCC2)cc1)C(=O)NC(N)=O. The number of anilines is 1. The minimum Gasteiger partial charge on any atom is -0.490 e. The molecule has 1 aliphatic rings. The first-order valence-electron chi connectivity index (χ1n) is 7.18. The summed E-state index contributed by atoms with van der Waals surface area (Å²) in [6.07, 6.45) is 5.02. The summed E-state index contributed by atoms with van der Waals surface area (Å²) in [6.45, 7) is 1.65. The molecule has 6 nitrogen and oxygen atoms in total. The molecule has 0 aliphatic heterocycles. The molecule has 114 valence electrons. The van der Waals surface area contributed by atoms with Crippen LogP contribution in [0.2, 0.25) is 0 Å². The first kappa shape index (κ1) is 15.2. The number of hydrogen-bond donors (Lipinski definition) is 3. The molecule has 21 heavy (non-hydrogen) atoms. The lowest BCUT2D eigenvalue weighted by Crippen LogP contribution is -2.43. The average Bonchev–Trinajstić information content (AvgIpc) is 2.93. The van der Waals surface area contributed by atoms with Gasteiger partial charge >= 0.3 is 6.03 Å². The molecule has 0 spiro atoms. The Balaban J connectivity index is 1.86. The summed E-state index contributed by atoms with van der Waals surface area (Å²) >= 11 is 0. The molecule has 1 aromatic rings. The molecule has 1 atom stereocenters. The molecule has 0 radical (unpaired) electrons. The number of nitrogens with two attached hydrogens (primary N) is 1. The maximum Gasteiger partial charge on any atom is 0.318 e. The molecule has 0 saturated heterocycles. The average molecular weight is 291 g/mol. The van der Waals surface area contributed by atoms with E-state index in [9.17, 15) is 9.59 Å². The Morgan fingerprint density at radius 1 is 1.24 bits per heavy atom. The van der Waals surface area contributed by atoms with E-state index in [1.807, 2.05) is 29.6 Å². The van der Waals surface area contributed by atoms with Crippen molar-refractivity contribution >= 4 is 17.6 Å². The van der Waals surface area contributed by atoms with Crippen molar-refractivity contribution in [1.29, 1.82) is 0 Å². The lowest BCUT2D eigenvalue weighted by Gasteiger charge is -2.16. The van der Waals surface area contributed by atoms with Gasteiger partial charge in [0.2, 0.25) is 5.91 Å². The fourth-order valence-electron chi connectivity index (χ4n) is 2.37. The lowest BCUT2D eigenvalue weighted by molar-refractivity contribution is -0.120. The normalized spacial score (nSPS) is 16.2. The molecule has 2 rings (SSSR count). The van der Waals surface area contributed by atoms with E-state index in [0.29, 0.717) is 6.10 Å². The third-order valence-corrected chi connectivity index (χ3v) is 3.48. The number of ether oxygens (including phenoxy) is 1. The van der Waals surface area contributed by atoms with Gasteiger partial charge < -0.3 is 15.8 Å². The molecule has 0 unspecified atom stereocenters. The third-order valence-electron chi connectivity index (χ3n) is 3.48. The van der Waals surface area contributed by atoms with Crippen LogP contribution in [0.3, 0.4) is 0 Å². The van der Waals surface area contributed by atoms with Crippen LogP contribution in [0.15, 0.2) is 24.3 Å². The number of urea groups is 1. The summed E-state index contributed by atoms with van der Waals surface area (Å²) in [7, 11) is 0. The number of imide groups is 1. The maximum atomic E-state index is 11.6. The second-order valence-electron chi connectivity index (χ2n) is 5.27. The zero-order chi connectivity index (χ0) is 15.2. The van der Waals surface area contributed by atoms with E-state index >= 15 is 0 Å². The number of benzene rings is 1. The van der Waals surface area contributed by atoms with Crippen molar-refractivity contribution < 1.29 is 14.3 Å². The number of carbonyl (C=O) groups excluding carboxylic acids is 2. The van der Waals surface area contributed by atoms with E-state index in [4.69, 9.17) is 10.5 Å². The molecule has 0 bridgehead atoms. The predicted molar refractivity (Wildman–Crippen MR) is 80.1 cm³/mol. The van der Waals surface area contributed by atoms with Crippen molar-refractivity contribution in [3.05, 3.63) is 24.3 Å². The molecular formula is C15H21N3O3. The summed E-state index contributed by atoms with van der Waals surface area (Å²) in [4.78, 5) is 22.2. The van der Waals surface area contributed by atoms with E-state index in [-0.39, 0.29) is 0 Å². The Labute approximate surface area is 124 Å². The fraction of sp³-hybridized carbons (Fsp3) is 0.467. The second-order valence-corrected chi connectivity index (χ2v) is 5.27. The van der Waals surface area contributed by atoms with Crippen molar-refractivity contribution in [3.63, 3.8) is 0 Å². The Morgan fingerprint density at radius 2 is 1.86 bits per heavy atom. The fourth-order valence-corrected chi connectivity index (χ4v) is 2.37. The molecule has 6 heteroatoms. The Kier molecular flexibility index (Phi) is 5.03. The molecule has 0 heterocycles. The van der Waals surface area contributed by atoms with Gasteiger partial charge in [-0.25, -0.2) is 4.79 Å². The van der Waals surface area contributed by atoms with Crippen LogP contribution in [0, 0.1) is 0 Å². The highest BCUT2D eigenvalue weighted by molar-refractivity contribution is 5.97. The zero-order valence-corrected chi connectivity index (χ0v) is 12.1. The number of amides is 3. The van der Waals surface area contributed by atoms with Crippen molar-refractivity contribution in [3.8, 4) is 5.75 Å². The first-order chi connectivity index (χ1) is 10.0. The first-order valence-corrected chi connectivity index (χ1v) is 7.18. The van der Waals surface area contributed by atoms with Gasteiger partial charge in [0.25, 0.3) is 0 Å². The monoisotopic (exact) mass is 291 g/mol. The van der Waals surface area contributed by atoms with Gasteiger partial charge in [-0.05, 0) is 56.9 Å². The standard InChI is InChI=1S/C15H21N3O3/c1-10(14(19)18-15(16)20)17-11-6-8-13(9-7-11)21-12-4-2-3-5-12/h6-10,12,17H,2-5H2,1H3,(H3,16,18,19,20)/t10-/m0/s1. The van der Waals surface area contributed by atoms with Crippen molar-refractivity contribution in [2.45, 2.75) is 44.8 Å². The molecule has 1 fully saturated rings. The van der Waals surface area contributed by atoms with Gasteiger partial charge in [0.1, 0.15) is 11.8 Å². The number of nitrogens with one attached hydrogen (secondary N) is 2. The largest absolute Gasteiger partial charge is 0.490 e. The smallest absolute Gasteiger partial charge is 0.318 e. The van der Waals surface area contributed by atoms with E-state index in [2.05, 4.69) is 5.32 Å². The molecule has 1 aromatic carbocycles. The molecule has 4 N–H and O–H groups in total. The molecule has 1 aliphatic carbocycles. The Bertz CT molecular complexity index is 495. The number of carbonyl (C=O) groups is 2. The van der Waals surface area contributed by atoms with Gasteiger partial charge in [0.15, 0.2) is 0 Å². The van der Waals surface area contributed by atoms with Gasteiger partial charge in [-0.2, -0.15) is 0 Å². The van der Waals surface area contributed by atoms with E-state index in [1.54, 1.807) is 6.92 Å². The van der Waals surface area contributed by atoms with Crippen molar-refractivity contribution in [1.82, 2.24) is 5.32 Å². The van der Waals surface area contributed by atoms with Gasteiger partial charge in [-0.15, -0.1) is 0 Å². The summed E-state index contributed by atoms with van der Waals surface area (Å²) in [6, 6.07) is 6.03.